The molecule has 2 aliphatic carbocycles. The van der Waals surface area contributed by atoms with Gasteiger partial charge in [-0.3, -0.25) is 19.6 Å². The standard InChI is InChI=1S/C54H52N2O4/c57-49(33-41-25-15-23-39-21-9-11-27-45(39)41)53-47(31-43(35-51(53)59)37-17-5-3-6-18-37)55-29-13-1-2-14-30-56-48-32-44(38-19-7-4-8-20-38)36-52(60)54(48)50(58)34-42-26-16-24-40-22-10-12-28-46(40)42/h3-12,15-28,43-44,57-58H,1-2,13-14,29-36H2/b53-49-,54-50+,55-47?,56-48?. The molecular weight excluding hydrogens is 741 g/mol. The number of Topliss-reactive ketones (excluding diaryl/α,β-unsaturated/α-hetero) is 2. The van der Waals surface area contributed by atoms with Crippen molar-refractivity contribution in [1.82, 2.24) is 0 Å². The number of carbonyl (C=O) groups excluding carboxylic acids is 2. The lowest BCUT2D eigenvalue weighted by Gasteiger charge is -2.26. The predicted octanol–water partition coefficient (Wildman–Crippen LogP) is 12.1. The zero-order valence-corrected chi connectivity index (χ0v) is 34.1. The van der Waals surface area contributed by atoms with Crippen LogP contribution in [0.1, 0.15) is 85.5 Å². The summed E-state index contributed by atoms with van der Waals surface area (Å²) in [6.07, 6.45) is 5.98. The average molecular weight is 793 g/mol. The molecule has 0 bridgehead atoms. The van der Waals surface area contributed by atoms with Crippen LogP contribution in [0.5, 0.6) is 0 Å². The number of hydrogen-bond donors (Lipinski definition) is 2. The topological polar surface area (TPSA) is 99.3 Å². The number of benzene rings is 6. The van der Waals surface area contributed by atoms with Gasteiger partial charge >= 0.3 is 0 Å². The molecule has 2 unspecified atom stereocenters. The monoisotopic (exact) mass is 792 g/mol. The van der Waals surface area contributed by atoms with Gasteiger partial charge in [0.2, 0.25) is 0 Å². The number of aliphatic hydroxyl groups excluding tert-OH is 2. The van der Waals surface area contributed by atoms with Crippen molar-refractivity contribution in [3.8, 4) is 0 Å². The maximum atomic E-state index is 13.8. The van der Waals surface area contributed by atoms with Crippen molar-refractivity contribution >= 4 is 44.5 Å². The van der Waals surface area contributed by atoms with E-state index in [1.54, 1.807) is 0 Å². The summed E-state index contributed by atoms with van der Waals surface area (Å²) in [5.41, 5.74) is 6.35. The molecule has 2 aliphatic rings. The molecule has 6 aromatic carbocycles. The lowest BCUT2D eigenvalue weighted by molar-refractivity contribution is -0.116. The summed E-state index contributed by atoms with van der Waals surface area (Å²) in [7, 11) is 0. The van der Waals surface area contributed by atoms with Crippen LogP contribution in [0.15, 0.2) is 178 Å². The highest BCUT2D eigenvalue weighted by Gasteiger charge is 2.34. The Morgan fingerprint density at radius 3 is 1.27 bits per heavy atom. The Hall–Kier alpha value is -6.40. The summed E-state index contributed by atoms with van der Waals surface area (Å²) >= 11 is 0. The van der Waals surface area contributed by atoms with E-state index < -0.39 is 0 Å². The molecule has 0 aliphatic heterocycles. The second-order valence-electron chi connectivity index (χ2n) is 16.2. The summed E-state index contributed by atoms with van der Waals surface area (Å²) in [5.74, 6) is 0.102. The zero-order valence-electron chi connectivity index (χ0n) is 34.1. The molecule has 302 valence electrons. The first-order chi connectivity index (χ1) is 29.4. The quantitative estimate of drug-likeness (QED) is 0.0691. The molecule has 2 N–H and O–H groups in total. The lowest BCUT2D eigenvalue weighted by Crippen LogP contribution is -2.27. The number of carbonyl (C=O) groups is 2. The van der Waals surface area contributed by atoms with Gasteiger partial charge in [0.1, 0.15) is 11.5 Å². The number of ketones is 2. The van der Waals surface area contributed by atoms with Crippen LogP contribution in [0.25, 0.3) is 21.5 Å². The van der Waals surface area contributed by atoms with Crippen LogP contribution in [0.4, 0.5) is 0 Å². The van der Waals surface area contributed by atoms with Gasteiger partial charge < -0.3 is 10.2 Å². The van der Waals surface area contributed by atoms with E-state index >= 15 is 0 Å². The van der Waals surface area contributed by atoms with Crippen molar-refractivity contribution < 1.29 is 19.8 Å². The van der Waals surface area contributed by atoms with Crippen molar-refractivity contribution in [2.75, 3.05) is 13.1 Å². The van der Waals surface area contributed by atoms with Crippen LogP contribution in [0.2, 0.25) is 0 Å². The summed E-state index contributed by atoms with van der Waals surface area (Å²) in [4.78, 5) is 37.6. The van der Waals surface area contributed by atoms with Crippen molar-refractivity contribution in [3.63, 3.8) is 0 Å². The van der Waals surface area contributed by atoms with Crippen LogP contribution in [0, 0.1) is 0 Å². The molecule has 6 nitrogen and oxygen atoms in total. The number of unbranched alkanes of at least 4 members (excludes halogenated alkanes) is 3. The van der Waals surface area contributed by atoms with E-state index in [0.717, 1.165) is 69.5 Å². The lowest BCUT2D eigenvalue weighted by atomic mass is 9.78. The molecule has 0 heterocycles. The summed E-state index contributed by atoms with van der Waals surface area (Å²) in [6.45, 7) is 1.12. The minimum atomic E-state index is -0.0574. The van der Waals surface area contributed by atoms with E-state index in [2.05, 4.69) is 60.7 Å². The molecule has 2 atom stereocenters. The number of fused-ring (bicyclic) bond motifs is 2. The molecule has 2 saturated carbocycles. The second-order valence-corrected chi connectivity index (χ2v) is 16.2. The van der Waals surface area contributed by atoms with Gasteiger partial charge in [0, 0.05) is 50.2 Å². The summed E-state index contributed by atoms with van der Waals surface area (Å²) in [6, 6.07) is 48.6. The molecule has 0 spiro atoms. The Labute approximate surface area is 352 Å². The Bertz CT molecular complexity index is 2430. The second kappa shape index (κ2) is 19.1. The van der Waals surface area contributed by atoms with E-state index in [9.17, 15) is 19.8 Å². The maximum Gasteiger partial charge on any atom is 0.168 e. The smallest absolute Gasteiger partial charge is 0.168 e. The van der Waals surface area contributed by atoms with Crippen molar-refractivity contribution in [3.05, 3.63) is 191 Å². The molecule has 6 aromatic rings. The fourth-order valence-electron chi connectivity index (χ4n) is 9.09. The van der Waals surface area contributed by atoms with E-state index in [1.165, 1.54) is 0 Å². The number of aliphatic imine (C=N–C) groups is 2. The molecule has 0 aromatic heterocycles. The number of rotatable bonds is 13. The van der Waals surface area contributed by atoms with Crippen LogP contribution in [0.3, 0.4) is 0 Å². The molecule has 0 amide bonds. The minimum Gasteiger partial charge on any atom is -0.511 e. The van der Waals surface area contributed by atoms with Gasteiger partial charge in [-0.25, -0.2) is 0 Å². The van der Waals surface area contributed by atoms with Crippen LogP contribution < -0.4 is 0 Å². The molecule has 0 radical (unpaired) electrons. The van der Waals surface area contributed by atoms with Crippen LogP contribution >= 0.6 is 0 Å². The Kier molecular flexibility index (Phi) is 12.9. The normalized spacial score (nSPS) is 20.3. The third kappa shape index (κ3) is 9.39. The Balaban J connectivity index is 0.948. The Morgan fingerprint density at radius 2 is 0.833 bits per heavy atom. The fourth-order valence-corrected chi connectivity index (χ4v) is 9.09. The van der Waals surface area contributed by atoms with E-state index in [1.807, 2.05) is 84.9 Å². The van der Waals surface area contributed by atoms with Gasteiger partial charge in [-0.2, -0.15) is 0 Å². The number of aliphatic hydroxyl groups is 2. The van der Waals surface area contributed by atoms with Crippen LogP contribution in [-0.4, -0.2) is 46.3 Å². The first-order valence-corrected chi connectivity index (χ1v) is 21.4. The maximum absolute atomic E-state index is 13.8. The predicted molar refractivity (Wildman–Crippen MR) is 245 cm³/mol. The Morgan fingerprint density at radius 1 is 0.450 bits per heavy atom. The summed E-state index contributed by atoms with van der Waals surface area (Å²) in [5, 5.41) is 27.5. The SMILES string of the molecule is O=C1CC(c2ccccc2)CC(=NCCCCCCN=C2CC(c3ccccc3)CC(=O)/C2=C(/O)Cc2cccc3ccccc23)/C1=C(/O)Cc1cccc2ccccc12. The average Bonchev–Trinajstić information content (AvgIpc) is 3.27. The third-order valence-corrected chi connectivity index (χ3v) is 12.1. The first-order valence-electron chi connectivity index (χ1n) is 21.4. The van der Waals surface area contributed by atoms with E-state index in [4.69, 9.17) is 9.98 Å². The van der Waals surface area contributed by atoms with E-state index in [-0.39, 0.29) is 47.8 Å². The van der Waals surface area contributed by atoms with Gasteiger partial charge in [0.25, 0.3) is 0 Å². The highest BCUT2D eigenvalue weighted by atomic mass is 16.3. The van der Waals surface area contributed by atoms with Crippen LogP contribution in [-0.2, 0) is 22.4 Å². The van der Waals surface area contributed by atoms with Gasteiger partial charge in [0.15, 0.2) is 11.6 Å². The fraction of sp³-hybridized carbons (Fsp3) is 0.259. The molecule has 2 fully saturated rings. The molecule has 8 rings (SSSR count). The highest BCUT2D eigenvalue weighted by Crippen LogP contribution is 2.36. The minimum absolute atomic E-state index is 0.0178. The number of nitrogens with zero attached hydrogens (tertiary/aromatic N) is 2. The first kappa shape index (κ1) is 40.4. The number of allylic oxidation sites excluding steroid dienone is 4. The molecule has 6 heteroatoms. The van der Waals surface area contributed by atoms with Crippen molar-refractivity contribution in [2.24, 2.45) is 9.98 Å². The highest BCUT2D eigenvalue weighted by molar-refractivity contribution is 6.25. The molecule has 60 heavy (non-hydrogen) atoms. The molecule has 0 saturated heterocycles. The van der Waals surface area contributed by atoms with Gasteiger partial charge in [-0.15, -0.1) is 0 Å². The third-order valence-electron chi connectivity index (χ3n) is 12.1. The summed E-state index contributed by atoms with van der Waals surface area (Å²) < 4.78 is 0. The largest absolute Gasteiger partial charge is 0.511 e. The zero-order chi connectivity index (χ0) is 41.3. The van der Waals surface area contributed by atoms with E-state index in [0.29, 0.717) is 61.3 Å². The van der Waals surface area contributed by atoms with Gasteiger partial charge in [0.05, 0.1) is 11.1 Å². The van der Waals surface area contributed by atoms with Crippen molar-refractivity contribution in [1.29, 1.82) is 0 Å². The van der Waals surface area contributed by atoms with Gasteiger partial charge in [-0.1, -0.05) is 158 Å². The van der Waals surface area contributed by atoms with Gasteiger partial charge in [-0.05, 0) is 81.3 Å². The number of hydrogen-bond acceptors (Lipinski definition) is 6. The molecular formula is C54H52N2O4. The van der Waals surface area contributed by atoms with Crippen molar-refractivity contribution in [2.45, 2.75) is 76.0 Å².